The van der Waals surface area contributed by atoms with E-state index in [0.717, 1.165) is 36.6 Å². The van der Waals surface area contributed by atoms with Crippen molar-refractivity contribution in [2.75, 3.05) is 24.5 Å². The molecule has 5 nitrogen and oxygen atoms in total. The van der Waals surface area contributed by atoms with Gasteiger partial charge in [0.2, 0.25) is 0 Å². The molecule has 1 N–H and O–H groups in total. The summed E-state index contributed by atoms with van der Waals surface area (Å²) in [5.74, 6) is 0.857. The van der Waals surface area contributed by atoms with Crippen molar-refractivity contribution in [1.82, 2.24) is 15.5 Å². The maximum Gasteiger partial charge on any atom is 0.251 e. The normalized spacial score (nSPS) is 13.5. The number of hydrogen-bond acceptors (Lipinski definition) is 4. The Balaban J connectivity index is 1.40. The van der Waals surface area contributed by atoms with E-state index in [1.54, 1.807) is 0 Å². The monoisotopic (exact) mass is 372 g/mol. The average molecular weight is 372 g/mol. The molecule has 0 atom stereocenters. The molecule has 0 bridgehead atoms. The number of benzene rings is 2. The van der Waals surface area contributed by atoms with Gasteiger partial charge in [0.1, 0.15) is 0 Å². The number of carbonyl (C=O) groups excluding carboxylic acids is 1. The van der Waals surface area contributed by atoms with Crippen LogP contribution in [0.15, 0.2) is 66.7 Å². The molecule has 1 amide bonds. The molecule has 1 aromatic heterocycles. The molecule has 2 aromatic carbocycles. The smallest absolute Gasteiger partial charge is 0.251 e. The van der Waals surface area contributed by atoms with Gasteiger partial charge >= 0.3 is 0 Å². The van der Waals surface area contributed by atoms with Crippen LogP contribution in [0, 0.1) is 0 Å². The van der Waals surface area contributed by atoms with Crippen molar-refractivity contribution in [2.24, 2.45) is 0 Å². The number of amides is 1. The standard InChI is InChI=1S/C23H24N4O/c28-23(24-14-13-18-7-2-1-3-8-18)20-10-6-9-19(17-20)21-11-12-22(26-25-21)27-15-4-5-16-27/h1-3,6-12,17H,4-5,13-16H2,(H,24,28). The summed E-state index contributed by atoms with van der Waals surface area (Å²) in [6, 6.07) is 21.7. The largest absolute Gasteiger partial charge is 0.355 e. The predicted octanol–water partition coefficient (Wildman–Crippen LogP) is 3.72. The Bertz CT molecular complexity index is 919. The van der Waals surface area contributed by atoms with Gasteiger partial charge in [0.15, 0.2) is 5.82 Å². The van der Waals surface area contributed by atoms with E-state index in [9.17, 15) is 4.79 Å². The molecule has 5 heteroatoms. The number of nitrogens with one attached hydrogen (secondary N) is 1. The SMILES string of the molecule is O=C(NCCc1ccccc1)c1cccc(-c2ccc(N3CCCC3)nn2)c1. The van der Waals surface area contributed by atoms with Crippen molar-refractivity contribution in [1.29, 1.82) is 0 Å². The third-order valence-corrected chi connectivity index (χ3v) is 5.04. The second kappa shape index (κ2) is 8.65. The Morgan fingerprint density at radius 2 is 1.75 bits per heavy atom. The number of rotatable bonds is 6. The lowest BCUT2D eigenvalue weighted by molar-refractivity contribution is 0.0954. The minimum absolute atomic E-state index is 0.0700. The second-order valence-electron chi connectivity index (χ2n) is 7.04. The summed E-state index contributed by atoms with van der Waals surface area (Å²) in [5, 5.41) is 11.7. The van der Waals surface area contributed by atoms with Crippen LogP contribution in [-0.4, -0.2) is 35.7 Å². The molecule has 1 fully saturated rings. The van der Waals surface area contributed by atoms with Gasteiger partial charge in [0.05, 0.1) is 5.69 Å². The van der Waals surface area contributed by atoms with Crippen molar-refractivity contribution in [2.45, 2.75) is 19.3 Å². The minimum atomic E-state index is -0.0700. The molecule has 1 saturated heterocycles. The number of aromatic nitrogens is 2. The second-order valence-corrected chi connectivity index (χ2v) is 7.04. The molecule has 4 rings (SSSR count). The number of nitrogens with zero attached hydrogens (tertiary/aromatic N) is 3. The highest BCUT2D eigenvalue weighted by Gasteiger charge is 2.14. The van der Waals surface area contributed by atoms with Gasteiger partial charge in [-0.3, -0.25) is 4.79 Å². The van der Waals surface area contributed by atoms with Crippen LogP contribution in [0.3, 0.4) is 0 Å². The lowest BCUT2D eigenvalue weighted by atomic mass is 10.1. The lowest BCUT2D eigenvalue weighted by Crippen LogP contribution is -2.25. The van der Waals surface area contributed by atoms with Gasteiger partial charge in [-0.1, -0.05) is 42.5 Å². The van der Waals surface area contributed by atoms with Crippen molar-refractivity contribution in [3.63, 3.8) is 0 Å². The molecule has 3 aromatic rings. The third-order valence-electron chi connectivity index (χ3n) is 5.04. The Kier molecular flexibility index (Phi) is 5.61. The van der Waals surface area contributed by atoms with Crippen LogP contribution in [-0.2, 0) is 6.42 Å². The van der Waals surface area contributed by atoms with Gasteiger partial charge in [0, 0.05) is 30.8 Å². The molecule has 1 aliphatic heterocycles. The van der Waals surface area contributed by atoms with Gasteiger partial charge in [0.25, 0.3) is 5.91 Å². The summed E-state index contributed by atoms with van der Waals surface area (Å²) in [6.07, 6.45) is 3.24. The van der Waals surface area contributed by atoms with E-state index in [2.05, 4.69) is 32.5 Å². The summed E-state index contributed by atoms with van der Waals surface area (Å²) in [7, 11) is 0. The highest BCUT2D eigenvalue weighted by atomic mass is 16.1. The van der Waals surface area contributed by atoms with Gasteiger partial charge in [-0.15, -0.1) is 10.2 Å². The molecule has 0 saturated carbocycles. The molecular formula is C23H24N4O. The van der Waals surface area contributed by atoms with Crippen LogP contribution in [0.1, 0.15) is 28.8 Å². The lowest BCUT2D eigenvalue weighted by Gasteiger charge is -2.15. The van der Waals surface area contributed by atoms with Crippen LogP contribution < -0.4 is 10.2 Å². The van der Waals surface area contributed by atoms with Crippen LogP contribution >= 0.6 is 0 Å². The van der Waals surface area contributed by atoms with Crippen LogP contribution in [0.25, 0.3) is 11.3 Å². The summed E-state index contributed by atoms with van der Waals surface area (Å²) in [4.78, 5) is 14.8. The van der Waals surface area contributed by atoms with E-state index in [1.807, 2.05) is 54.6 Å². The first-order valence-corrected chi connectivity index (χ1v) is 9.81. The maximum absolute atomic E-state index is 12.5. The molecule has 0 spiro atoms. The minimum Gasteiger partial charge on any atom is -0.355 e. The van der Waals surface area contributed by atoms with Crippen molar-refractivity contribution >= 4 is 11.7 Å². The zero-order valence-electron chi connectivity index (χ0n) is 15.8. The van der Waals surface area contributed by atoms with Crippen molar-refractivity contribution < 1.29 is 4.79 Å². The Labute approximate surface area is 165 Å². The molecule has 0 aliphatic carbocycles. The maximum atomic E-state index is 12.5. The fourth-order valence-electron chi connectivity index (χ4n) is 3.48. The Morgan fingerprint density at radius 3 is 2.50 bits per heavy atom. The fraction of sp³-hybridized carbons (Fsp3) is 0.261. The summed E-state index contributed by atoms with van der Waals surface area (Å²) >= 11 is 0. The van der Waals surface area contributed by atoms with Crippen LogP contribution in [0.2, 0.25) is 0 Å². The predicted molar refractivity (Wildman–Crippen MR) is 111 cm³/mol. The quantitative estimate of drug-likeness (QED) is 0.716. The summed E-state index contributed by atoms with van der Waals surface area (Å²) < 4.78 is 0. The first-order valence-electron chi connectivity index (χ1n) is 9.81. The van der Waals surface area contributed by atoms with Gasteiger partial charge in [-0.2, -0.15) is 0 Å². The molecule has 0 unspecified atom stereocenters. The molecule has 2 heterocycles. The average Bonchev–Trinajstić information content (AvgIpc) is 3.30. The van der Waals surface area contributed by atoms with E-state index in [1.165, 1.54) is 18.4 Å². The molecule has 142 valence electrons. The number of anilines is 1. The molecule has 1 aliphatic rings. The van der Waals surface area contributed by atoms with E-state index in [0.29, 0.717) is 12.1 Å². The molecule has 0 radical (unpaired) electrons. The van der Waals surface area contributed by atoms with E-state index >= 15 is 0 Å². The first kappa shape index (κ1) is 18.2. The highest BCUT2D eigenvalue weighted by Crippen LogP contribution is 2.21. The number of carbonyl (C=O) groups is 1. The Hall–Kier alpha value is -3.21. The van der Waals surface area contributed by atoms with Gasteiger partial charge in [-0.25, -0.2) is 0 Å². The first-order chi connectivity index (χ1) is 13.8. The zero-order chi connectivity index (χ0) is 19.2. The van der Waals surface area contributed by atoms with Gasteiger partial charge in [-0.05, 0) is 49.1 Å². The van der Waals surface area contributed by atoms with E-state index in [-0.39, 0.29) is 5.91 Å². The fourth-order valence-corrected chi connectivity index (χ4v) is 3.48. The zero-order valence-corrected chi connectivity index (χ0v) is 15.8. The number of hydrogen-bond donors (Lipinski definition) is 1. The van der Waals surface area contributed by atoms with Gasteiger partial charge < -0.3 is 10.2 Å². The third kappa shape index (κ3) is 4.36. The molecule has 28 heavy (non-hydrogen) atoms. The summed E-state index contributed by atoms with van der Waals surface area (Å²) in [6.45, 7) is 2.71. The van der Waals surface area contributed by atoms with Crippen molar-refractivity contribution in [3.8, 4) is 11.3 Å². The summed E-state index contributed by atoms with van der Waals surface area (Å²) in [5.41, 5.74) is 3.53. The van der Waals surface area contributed by atoms with Crippen LogP contribution in [0.4, 0.5) is 5.82 Å². The van der Waals surface area contributed by atoms with E-state index in [4.69, 9.17) is 0 Å². The van der Waals surface area contributed by atoms with Crippen molar-refractivity contribution in [3.05, 3.63) is 77.9 Å². The van der Waals surface area contributed by atoms with Crippen LogP contribution in [0.5, 0.6) is 0 Å². The highest BCUT2D eigenvalue weighted by molar-refractivity contribution is 5.95. The topological polar surface area (TPSA) is 58.1 Å². The Morgan fingerprint density at radius 1 is 0.929 bits per heavy atom. The molecular weight excluding hydrogens is 348 g/mol. The van der Waals surface area contributed by atoms with E-state index < -0.39 is 0 Å².